The number of amides is 10. The molecule has 0 aromatic rings. The number of carbonyl (C=O) groups is 11. The van der Waals surface area contributed by atoms with Crippen LogP contribution >= 0.6 is 0 Å². The monoisotopic (exact) mass is 1230 g/mol. The lowest BCUT2D eigenvalue weighted by Crippen LogP contribution is -2.66. The molecule has 0 aromatic heterocycles. The second-order valence-electron chi connectivity index (χ2n) is 26.6. The van der Waals surface area contributed by atoms with Crippen molar-refractivity contribution >= 4 is 64.9 Å². The number of hydrogen-bond donors (Lipinski definition) is 11. The third kappa shape index (κ3) is 31.4. The number of likely N-dealkylation sites (tertiary alicyclic amines) is 1. The molecule has 0 radical (unpaired) electrons. The van der Waals surface area contributed by atoms with Crippen LogP contribution in [0.3, 0.4) is 0 Å². The van der Waals surface area contributed by atoms with E-state index in [1.165, 1.54) is 41.5 Å². The fourth-order valence-corrected chi connectivity index (χ4v) is 10.3. The first-order valence-corrected chi connectivity index (χ1v) is 32.6. The van der Waals surface area contributed by atoms with E-state index in [0.717, 1.165) is 57.8 Å². The van der Waals surface area contributed by atoms with E-state index in [1.54, 1.807) is 4.90 Å². The average Bonchev–Trinajstić information content (AvgIpc) is 2.88. The molecule has 23 nitrogen and oxygen atoms in total. The molecule has 0 bridgehead atoms. The van der Waals surface area contributed by atoms with Gasteiger partial charge in [0, 0.05) is 57.9 Å². The summed E-state index contributed by atoms with van der Waals surface area (Å²) in [6, 6.07) is -5.53. The van der Waals surface area contributed by atoms with Gasteiger partial charge in [-0.25, -0.2) is 0 Å². The Morgan fingerprint density at radius 2 is 1.03 bits per heavy atom. The summed E-state index contributed by atoms with van der Waals surface area (Å²) in [5.74, 6) is -5.83. The highest BCUT2D eigenvalue weighted by Gasteiger charge is 2.42. The Kier molecular flexibility index (Phi) is 37.1. The van der Waals surface area contributed by atoms with E-state index in [0.29, 0.717) is 45.3 Å². The van der Waals surface area contributed by atoms with Crippen molar-refractivity contribution in [3.05, 3.63) is 0 Å². The van der Waals surface area contributed by atoms with Gasteiger partial charge in [-0.2, -0.15) is 0 Å². The number of ketones is 1. The van der Waals surface area contributed by atoms with Gasteiger partial charge in [-0.05, 0) is 124 Å². The van der Waals surface area contributed by atoms with E-state index >= 15 is 0 Å². The van der Waals surface area contributed by atoms with Gasteiger partial charge in [-0.3, -0.25) is 52.7 Å². The molecule has 0 saturated carbocycles. The van der Waals surface area contributed by atoms with Crippen molar-refractivity contribution in [2.75, 3.05) is 32.8 Å². The average molecular weight is 1230 g/mol. The van der Waals surface area contributed by atoms with Crippen LogP contribution in [0.4, 0.5) is 0 Å². The summed E-state index contributed by atoms with van der Waals surface area (Å²) in [5.41, 5.74) is -4.96. The van der Waals surface area contributed by atoms with E-state index < -0.39 is 94.1 Å². The Bertz CT molecular complexity index is 2200. The highest BCUT2D eigenvalue weighted by Crippen LogP contribution is 2.22. The van der Waals surface area contributed by atoms with Gasteiger partial charge in [0.2, 0.25) is 59.1 Å². The van der Waals surface area contributed by atoms with Crippen molar-refractivity contribution in [3.8, 4) is 0 Å². The number of hydrogen-bond acceptors (Lipinski definition) is 13. The molecule has 11 N–H and O–H groups in total. The number of nitrogens with zero attached hydrogens (tertiary/aromatic N) is 1. The molecular weight excluding hydrogens is 1110 g/mol. The molecule has 1 saturated heterocycles. The van der Waals surface area contributed by atoms with E-state index in [9.17, 15) is 52.7 Å². The molecule has 87 heavy (non-hydrogen) atoms. The van der Waals surface area contributed by atoms with Crippen LogP contribution in [0.25, 0.3) is 0 Å². The highest BCUT2D eigenvalue weighted by atomic mass is 16.3. The van der Waals surface area contributed by atoms with E-state index in [1.807, 2.05) is 48.5 Å². The number of unbranched alkanes of at least 4 members (excludes halogenated alkanes) is 6. The molecule has 0 aliphatic carbocycles. The van der Waals surface area contributed by atoms with Crippen molar-refractivity contribution in [3.63, 3.8) is 0 Å². The Morgan fingerprint density at radius 3 is 1.60 bits per heavy atom. The summed E-state index contributed by atoms with van der Waals surface area (Å²) in [7, 11) is 0. The van der Waals surface area contributed by atoms with Gasteiger partial charge in [0.25, 0.3) is 0 Å². The van der Waals surface area contributed by atoms with E-state index in [4.69, 9.17) is 5.11 Å². The second-order valence-corrected chi connectivity index (χ2v) is 26.6. The lowest BCUT2D eigenvalue weighted by molar-refractivity contribution is -0.141. The molecule has 7 atom stereocenters. The summed E-state index contributed by atoms with van der Waals surface area (Å²) in [5, 5.41) is 37.1. The van der Waals surface area contributed by atoms with E-state index in [2.05, 4.69) is 67.0 Å². The molecule has 1 fully saturated rings. The van der Waals surface area contributed by atoms with Crippen LogP contribution in [-0.4, -0.2) is 161 Å². The Labute approximate surface area is 521 Å². The standard InChI is InChI=1S/C64H117N11O12/c1-16-19-21-23-28-44(8)40-50(55(81)69-49(39-43(6)7)57(83)73-62(10,11)59(85)70-48(38-42(4)5)54(80)66-34-33-52(78)67-45(9)41-65-35-37-76)71-60(86)63(12,13)74-61(87)64(14,15)72-56(82)47(31-25-30-46(77)29-24-22-20-17-2)68-58(84)51-32-26-36-75(51)53(79)27-18-3/h42-45,47-51,65,76H,16-41H2,1-15H3,(H,66,80)(H,67,78)(H,68,84)(H,69,81)(H,70,85)(H,71,86)(H,72,82)(H,73,83)(H,74,87)/t44-,45-,47-,48-,49-,50-,51?/m0/s1. The Balaban J connectivity index is 3.38. The van der Waals surface area contributed by atoms with Gasteiger partial charge in [0.15, 0.2) is 0 Å². The van der Waals surface area contributed by atoms with Crippen molar-refractivity contribution in [2.45, 2.75) is 292 Å². The molecule has 23 heteroatoms. The molecule has 1 heterocycles. The molecule has 500 valence electrons. The van der Waals surface area contributed by atoms with Crippen LogP contribution < -0.4 is 53.2 Å². The predicted octanol–water partition coefficient (Wildman–Crippen LogP) is 4.79. The third-order valence-corrected chi connectivity index (χ3v) is 15.5. The molecule has 1 aliphatic rings. The topological polar surface area (TPSA) is 332 Å². The number of carbonyl (C=O) groups excluding carboxylic acids is 11. The SMILES string of the molecule is CCCCCCC(=O)CCC[C@H](NC(=O)C1CCCN1C(=O)CCC)C(=O)NC(C)(C)C(=O)NC(C)(C)C(=O)N[C@@H](C[C@@H](C)CCCCCC)C(=O)N[C@@H](CC(C)C)C(=O)NC(C)(C)C(=O)N[C@@H](CC(C)C)C(=O)NCCC(=O)N[C@@H](C)CNCCO. The van der Waals surface area contributed by atoms with Crippen molar-refractivity contribution in [1.29, 1.82) is 0 Å². The summed E-state index contributed by atoms with van der Waals surface area (Å²) in [6.45, 7) is 27.4. The zero-order valence-corrected chi connectivity index (χ0v) is 56.0. The molecule has 1 unspecified atom stereocenters. The lowest BCUT2D eigenvalue weighted by Gasteiger charge is -2.34. The lowest BCUT2D eigenvalue weighted by atomic mass is 9.93. The van der Waals surface area contributed by atoms with Crippen LogP contribution in [0.1, 0.15) is 239 Å². The number of rotatable bonds is 45. The maximum absolute atomic E-state index is 14.6. The van der Waals surface area contributed by atoms with Crippen molar-refractivity contribution < 1.29 is 57.8 Å². The van der Waals surface area contributed by atoms with Crippen LogP contribution in [0.15, 0.2) is 0 Å². The maximum Gasteiger partial charge on any atom is 0.246 e. The smallest absolute Gasteiger partial charge is 0.246 e. The normalized spacial score (nSPS) is 15.7. The third-order valence-electron chi connectivity index (χ3n) is 15.5. The number of nitrogens with one attached hydrogen (secondary N) is 10. The molecule has 0 spiro atoms. The first-order valence-electron chi connectivity index (χ1n) is 32.6. The second kappa shape index (κ2) is 40.8. The molecule has 0 aromatic carbocycles. The fraction of sp³-hybridized carbons (Fsp3) is 0.828. The zero-order chi connectivity index (χ0) is 66.1. The van der Waals surface area contributed by atoms with Crippen LogP contribution in [0, 0.1) is 17.8 Å². The van der Waals surface area contributed by atoms with Gasteiger partial charge < -0.3 is 63.2 Å². The van der Waals surface area contributed by atoms with Gasteiger partial charge in [-0.15, -0.1) is 0 Å². The van der Waals surface area contributed by atoms with Crippen LogP contribution in [-0.2, 0) is 52.7 Å². The first-order chi connectivity index (χ1) is 40.7. The van der Waals surface area contributed by atoms with Crippen LogP contribution in [0.5, 0.6) is 0 Å². The molecule has 1 aliphatic heterocycles. The highest BCUT2D eigenvalue weighted by molar-refractivity contribution is 6.00. The number of Topliss-reactive ketones (excluding diaryl/α,β-unsaturated/α-hetero) is 1. The fourth-order valence-electron chi connectivity index (χ4n) is 10.3. The zero-order valence-electron chi connectivity index (χ0n) is 56.0. The quantitative estimate of drug-likeness (QED) is 0.0366. The summed E-state index contributed by atoms with van der Waals surface area (Å²) < 4.78 is 0. The largest absolute Gasteiger partial charge is 0.395 e. The minimum atomic E-state index is -1.69. The summed E-state index contributed by atoms with van der Waals surface area (Å²) in [6.07, 6.45) is 11.9. The Hall–Kier alpha value is -5.71. The molecular formula is C64H117N11O12. The van der Waals surface area contributed by atoms with Gasteiger partial charge in [0.1, 0.15) is 52.6 Å². The number of aliphatic hydroxyl groups is 1. The maximum atomic E-state index is 14.6. The van der Waals surface area contributed by atoms with E-state index in [-0.39, 0.29) is 106 Å². The first kappa shape index (κ1) is 79.3. The molecule has 10 amide bonds. The van der Waals surface area contributed by atoms with Gasteiger partial charge >= 0.3 is 0 Å². The minimum Gasteiger partial charge on any atom is -0.395 e. The van der Waals surface area contributed by atoms with Crippen molar-refractivity contribution in [1.82, 2.24) is 58.1 Å². The number of aliphatic hydroxyl groups excluding tert-OH is 1. The minimum absolute atomic E-state index is 0.00621. The van der Waals surface area contributed by atoms with Gasteiger partial charge in [-0.1, -0.05) is 107 Å². The summed E-state index contributed by atoms with van der Waals surface area (Å²) in [4.78, 5) is 153. The predicted molar refractivity (Wildman–Crippen MR) is 338 cm³/mol. The molecule has 1 rings (SSSR count). The van der Waals surface area contributed by atoms with Gasteiger partial charge in [0.05, 0.1) is 6.61 Å². The summed E-state index contributed by atoms with van der Waals surface area (Å²) >= 11 is 0. The Morgan fingerprint density at radius 1 is 0.506 bits per heavy atom. The van der Waals surface area contributed by atoms with Crippen molar-refractivity contribution in [2.24, 2.45) is 17.8 Å². The van der Waals surface area contributed by atoms with Crippen LogP contribution in [0.2, 0.25) is 0 Å².